The molecule has 254 valence electrons. The van der Waals surface area contributed by atoms with Crippen molar-refractivity contribution in [2.24, 2.45) is 0 Å². The molecule has 0 aromatic carbocycles. The van der Waals surface area contributed by atoms with Crippen LogP contribution in [0.2, 0.25) is 0 Å². The van der Waals surface area contributed by atoms with E-state index in [4.69, 9.17) is 14.2 Å². The lowest BCUT2D eigenvalue weighted by atomic mass is 10.1. The number of esters is 2. The van der Waals surface area contributed by atoms with Crippen LogP contribution in [0.3, 0.4) is 0 Å². The zero-order chi connectivity index (χ0) is 32.1. The predicted octanol–water partition coefficient (Wildman–Crippen LogP) is 7.06. The first-order valence-electron chi connectivity index (χ1n) is 17.3. The van der Waals surface area contributed by atoms with Crippen molar-refractivity contribution in [2.75, 3.05) is 67.6 Å². The van der Waals surface area contributed by atoms with Gasteiger partial charge < -0.3 is 28.9 Å². The molecule has 0 heterocycles. The Morgan fingerprint density at radius 1 is 0.535 bits per heavy atom. The maximum atomic E-state index is 13.3. The van der Waals surface area contributed by atoms with Crippen LogP contribution in [-0.2, 0) is 23.8 Å². The fourth-order valence-corrected chi connectivity index (χ4v) is 4.81. The molecule has 0 atom stereocenters. The van der Waals surface area contributed by atoms with E-state index < -0.39 is 0 Å². The molecule has 0 aliphatic carbocycles. The molecule has 9 nitrogen and oxygen atoms in total. The third-order valence-corrected chi connectivity index (χ3v) is 7.43. The van der Waals surface area contributed by atoms with Crippen molar-refractivity contribution in [1.29, 1.82) is 0 Å². The van der Waals surface area contributed by atoms with Gasteiger partial charge in [0, 0.05) is 25.9 Å². The molecule has 0 spiro atoms. The van der Waals surface area contributed by atoms with E-state index in [-0.39, 0.29) is 24.1 Å². The number of hydrogen-bond donors (Lipinski definition) is 0. The van der Waals surface area contributed by atoms with Crippen molar-refractivity contribution < 1.29 is 28.6 Å². The van der Waals surface area contributed by atoms with E-state index >= 15 is 0 Å². The van der Waals surface area contributed by atoms with Gasteiger partial charge in [-0.2, -0.15) is 0 Å². The van der Waals surface area contributed by atoms with Crippen LogP contribution in [0, 0.1) is 0 Å². The highest BCUT2D eigenvalue weighted by Gasteiger charge is 2.21. The van der Waals surface area contributed by atoms with Crippen LogP contribution in [0.15, 0.2) is 0 Å². The maximum absolute atomic E-state index is 13.3. The van der Waals surface area contributed by atoms with Crippen LogP contribution in [0.25, 0.3) is 0 Å². The molecule has 0 bridgehead atoms. The SMILES string of the molecule is CCCCCCCC(=O)OCCCC(CCCOC(=O)CCCCCCC)OC(=O)N(CCCN(C)C)CCCN(C)C. The number of unbranched alkanes of at least 4 members (excludes halogenated alkanes) is 8. The van der Waals surface area contributed by atoms with Gasteiger partial charge in [-0.05, 0) is 92.6 Å². The van der Waals surface area contributed by atoms with E-state index in [1.807, 2.05) is 33.1 Å². The third kappa shape index (κ3) is 27.4. The Morgan fingerprint density at radius 2 is 0.953 bits per heavy atom. The average molecular weight is 614 g/mol. The van der Waals surface area contributed by atoms with Gasteiger partial charge in [-0.15, -0.1) is 0 Å². The number of amides is 1. The smallest absolute Gasteiger partial charge is 0.410 e. The monoisotopic (exact) mass is 614 g/mol. The van der Waals surface area contributed by atoms with Gasteiger partial charge in [0.25, 0.3) is 0 Å². The lowest BCUT2D eigenvalue weighted by Gasteiger charge is -2.27. The Bertz CT molecular complexity index is 641. The van der Waals surface area contributed by atoms with E-state index in [0.717, 1.165) is 64.5 Å². The molecule has 0 aliphatic heterocycles. The zero-order valence-corrected chi connectivity index (χ0v) is 28.8. The van der Waals surface area contributed by atoms with E-state index in [9.17, 15) is 14.4 Å². The van der Waals surface area contributed by atoms with Crippen molar-refractivity contribution in [3.8, 4) is 0 Å². The van der Waals surface area contributed by atoms with E-state index in [0.29, 0.717) is 64.8 Å². The first-order chi connectivity index (χ1) is 20.7. The second kappa shape index (κ2) is 28.9. The van der Waals surface area contributed by atoms with Crippen LogP contribution >= 0.6 is 0 Å². The molecule has 9 heteroatoms. The molecule has 0 saturated carbocycles. The molecule has 0 aliphatic rings. The summed E-state index contributed by atoms with van der Waals surface area (Å²) in [6, 6.07) is 0. The van der Waals surface area contributed by atoms with Gasteiger partial charge in [0.2, 0.25) is 0 Å². The minimum atomic E-state index is -0.321. The van der Waals surface area contributed by atoms with Crippen molar-refractivity contribution >= 4 is 18.0 Å². The van der Waals surface area contributed by atoms with Gasteiger partial charge in [-0.25, -0.2) is 4.79 Å². The molecular weight excluding hydrogens is 546 g/mol. The Morgan fingerprint density at radius 3 is 1.35 bits per heavy atom. The number of rotatable bonds is 29. The van der Waals surface area contributed by atoms with Crippen LogP contribution < -0.4 is 0 Å². The predicted molar refractivity (Wildman–Crippen MR) is 175 cm³/mol. The van der Waals surface area contributed by atoms with Crippen molar-refractivity contribution in [3.63, 3.8) is 0 Å². The van der Waals surface area contributed by atoms with Gasteiger partial charge in [-0.3, -0.25) is 9.59 Å². The second-order valence-corrected chi connectivity index (χ2v) is 12.4. The summed E-state index contributed by atoms with van der Waals surface area (Å²) in [5, 5.41) is 0. The molecule has 0 saturated heterocycles. The Balaban J connectivity index is 4.86. The molecule has 0 rings (SSSR count). The molecule has 43 heavy (non-hydrogen) atoms. The summed E-state index contributed by atoms with van der Waals surface area (Å²) in [6.45, 7) is 8.08. The van der Waals surface area contributed by atoms with Crippen molar-refractivity contribution in [2.45, 2.75) is 136 Å². The van der Waals surface area contributed by atoms with Crippen molar-refractivity contribution in [1.82, 2.24) is 14.7 Å². The van der Waals surface area contributed by atoms with Gasteiger partial charge >= 0.3 is 18.0 Å². The van der Waals surface area contributed by atoms with Crippen LogP contribution in [0.4, 0.5) is 4.79 Å². The highest BCUT2D eigenvalue weighted by atomic mass is 16.6. The summed E-state index contributed by atoms with van der Waals surface area (Å²) in [7, 11) is 8.12. The van der Waals surface area contributed by atoms with Gasteiger partial charge in [0.15, 0.2) is 0 Å². The van der Waals surface area contributed by atoms with Gasteiger partial charge in [0.1, 0.15) is 6.10 Å². The normalized spacial score (nSPS) is 11.4. The van der Waals surface area contributed by atoms with Gasteiger partial charge in [-0.1, -0.05) is 65.2 Å². The Labute approximate surface area is 264 Å². The van der Waals surface area contributed by atoms with Crippen molar-refractivity contribution in [3.05, 3.63) is 0 Å². The lowest BCUT2D eigenvalue weighted by molar-refractivity contribution is -0.144. The minimum absolute atomic E-state index is 0.153. The number of hydrogen-bond acceptors (Lipinski definition) is 8. The number of ether oxygens (including phenoxy) is 3. The highest BCUT2D eigenvalue weighted by Crippen LogP contribution is 2.14. The molecular formula is C34H67N3O6. The summed E-state index contributed by atoms with van der Waals surface area (Å²) in [4.78, 5) is 43.6. The third-order valence-electron chi connectivity index (χ3n) is 7.43. The number of carbonyl (C=O) groups is 3. The fourth-order valence-electron chi connectivity index (χ4n) is 4.81. The molecule has 1 amide bonds. The van der Waals surface area contributed by atoms with Crippen LogP contribution in [0.5, 0.6) is 0 Å². The van der Waals surface area contributed by atoms with Gasteiger partial charge in [0.05, 0.1) is 13.2 Å². The molecule has 0 N–H and O–H groups in total. The second-order valence-electron chi connectivity index (χ2n) is 12.4. The number of nitrogens with zero attached hydrogens (tertiary/aromatic N) is 3. The molecule has 0 aromatic rings. The topological polar surface area (TPSA) is 88.6 Å². The maximum Gasteiger partial charge on any atom is 0.410 e. The average Bonchev–Trinajstić information content (AvgIpc) is 2.95. The van der Waals surface area contributed by atoms with Crippen LogP contribution in [0.1, 0.15) is 129 Å². The van der Waals surface area contributed by atoms with Crippen LogP contribution in [-0.4, -0.2) is 106 Å². The first-order valence-corrected chi connectivity index (χ1v) is 17.3. The quantitative estimate of drug-likeness (QED) is 0.0503. The summed E-state index contributed by atoms with van der Waals surface area (Å²) in [5.41, 5.74) is 0. The summed E-state index contributed by atoms with van der Waals surface area (Å²) in [6.07, 6.45) is 15.4. The fraction of sp³-hybridized carbons (Fsp3) is 0.912. The first kappa shape index (κ1) is 41.1. The molecule has 0 aromatic heterocycles. The number of carbonyl (C=O) groups excluding carboxylic acids is 3. The Kier molecular flexibility index (Phi) is 27.6. The Hall–Kier alpha value is -1.87. The molecule has 0 radical (unpaired) electrons. The summed E-state index contributed by atoms with van der Waals surface area (Å²) in [5.74, 6) is -0.306. The molecule has 0 fully saturated rings. The summed E-state index contributed by atoms with van der Waals surface area (Å²) >= 11 is 0. The van der Waals surface area contributed by atoms with E-state index in [1.54, 1.807) is 0 Å². The molecule has 0 unspecified atom stereocenters. The largest absolute Gasteiger partial charge is 0.466 e. The minimum Gasteiger partial charge on any atom is -0.466 e. The standard InChI is InChI=1S/C34H67N3O6/c1-7-9-11-13-15-23-32(38)41-29-17-21-31(22-18-30-42-33(39)24-16-14-12-10-8-2)43-34(40)37(27-19-25-35(3)4)28-20-26-36(5)6/h31H,7-30H2,1-6H3. The highest BCUT2D eigenvalue weighted by molar-refractivity contribution is 5.69. The summed E-state index contributed by atoms with van der Waals surface area (Å²) < 4.78 is 16.9. The lowest BCUT2D eigenvalue weighted by Crippen LogP contribution is -2.38. The zero-order valence-electron chi connectivity index (χ0n) is 28.8. The van der Waals surface area contributed by atoms with E-state index in [2.05, 4.69) is 23.6 Å². The van der Waals surface area contributed by atoms with E-state index in [1.165, 1.54) is 25.7 Å².